The maximum atomic E-state index is 13.2. The van der Waals surface area contributed by atoms with Gasteiger partial charge in [-0.15, -0.1) is 0 Å². The number of nitrogens with one attached hydrogen (secondary N) is 1. The first-order valence-electron chi connectivity index (χ1n) is 5.82. The van der Waals surface area contributed by atoms with Crippen LogP contribution in [0.2, 0.25) is 0 Å². The van der Waals surface area contributed by atoms with E-state index in [-0.39, 0.29) is 16.1 Å². The number of halogens is 2. The third kappa shape index (κ3) is 3.17. The molecule has 0 amide bonds. The average molecular weight is 308 g/mol. The lowest BCUT2D eigenvalue weighted by Crippen LogP contribution is -2.15. The molecule has 2 aromatic rings. The predicted molar refractivity (Wildman–Crippen MR) is 73.1 cm³/mol. The van der Waals surface area contributed by atoms with Crippen LogP contribution in [0.4, 0.5) is 14.5 Å². The van der Waals surface area contributed by atoms with E-state index in [2.05, 4.69) is 4.72 Å². The number of anilines is 1. The van der Waals surface area contributed by atoms with E-state index >= 15 is 0 Å². The zero-order chi connectivity index (χ0) is 15.6. The molecule has 0 radical (unpaired) electrons. The van der Waals surface area contributed by atoms with Gasteiger partial charge in [-0.1, -0.05) is 6.07 Å². The minimum Gasteiger partial charge on any atom is -0.278 e. The Morgan fingerprint density at radius 2 is 1.71 bits per heavy atom. The molecule has 0 bridgehead atoms. The lowest BCUT2D eigenvalue weighted by atomic mass is 10.2. The van der Waals surface area contributed by atoms with Crippen molar-refractivity contribution in [2.75, 3.05) is 4.72 Å². The van der Waals surface area contributed by atoms with Gasteiger partial charge >= 0.3 is 0 Å². The Bertz CT molecular complexity index is 843. The molecule has 0 saturated carbocycles. The van der Waals surface area contributed by atoms with Gasteiger partial charge in [0, 0.05) is 0 Å². The predicted octanol–water partition coefficient (Wildman–Crippen LogP) is 2.95. The van der Waals surface area contributed by atoms with E-state index in [0.717, 1.165) is 30.3 Å². The molecule has 0 atom stereocenters. The standard InChI is InChI=1S/C14H10F2N2O2S/c1-9-2-3-12(16)7-14(9)21(19,20)18-13-5-4-11(15)6-10(13)8-17/h2-7,18H,1H3. The molecular weight excluding hydrogens is 298 g/mol. The SMILES string of the molecule is Cc1ccc(F)cc1S(=O)(=O)Nc1ccc(F)cc1C#N. The van der Waals surface area contributed by atoms with Crippen molar-refractivity contribution in [1.82, 2.24) is 0 Å². The van der Waals surface area contributed by atoms with Crippen molar-refractivity contribution in [2.24, 2.45) is 0 Å². The van der Waals surface area contributed by atoms with Crippen LogP contribution in [-0.4, -0.2) is 8.42 Å². The number of hydrogen-bond acceptors (Lipinski definition) is 3. The molecule has 2 rings (SSSR count). The van der Waals surface area contributed by atoms with Gasteiger partial charge in [-0.05, 0) is 42.8 Å². The summed E-state index contributed by atoms with van der Waals surface area (Å²) in [6.07, 6.45) is 0. The van der Waals surface area contributed by atoms with Gasteiger partial charge in [-0.25, -0.2) is 17.2 Å². The summed E-state index contributed by atoms with van der Waals surface area (Å²) in [5, 5.41) is 8.90. The highest BCUT2D eigenvalue weighted by molar-refractivity contribution is 7.92. The van der Waals surface area contributed by atoms with E-state index in [4.69, 9.17) is 5.26 Å². The Labute approximate surface area is 120 Å². The van der Waals surface area contributed by atoms with Gasteiger partial charge in [0.1, 0.15) is 17.7 Å². The van der Waals surface area contributed by atoms with Gasteiger partial charge < -0.3 is 0 Å². The van der Waals surface area contributed by atoms with Crippen LogP contribution in [0.1, 0.15) is 11.1 Å². The molecule has 2 aromatic carbocycles. The van der Waals surface area contributed by atoms with Crippen molar-refractivity contribution in [3.05, 3.63) is 59.2 Å². The van der Waals surface area contributed by atoms with E-state index in [1.807, 2.05) is 0 Å². The first-order chi connectivity index (χ1) is 9.83. The fourth-order valence-corrected chi connectivity index (χ4v) is 3.10. The fraction of sp³-hybridized carbons (Fsp3) is 0.0714. The Balaban J connectivity index is 2.48. The van der Waals surface area contributed by atoms with Crippen molar-refractivity contribution in [1.29, 1.82) is 5.26 Å². The molecule has 0 aliphatic carbocycles. The van der Waals surface area contributed by atoms with Crippen LogP contribution in [0, 0.1) is 29.9 Å². The summed E-state index contributed by atoms with van der Waals surface area (Å²) in [5.41, 5.74) is 0.125. The number of nitriles is 1. The summed E-state index contributed by atoms with van der Waals surface area (Å²) in [5.74, 6) is -1.35. The van der Waals surface area contributed by atoms with Crippen molar-refractivity contribution < 1.29 is 17.2 Å². The first kappa shape index (κ1) is 14.9. The summed E-state index contributed by atoms with van der Waals surface area (Å²) in [7, 11) is -4.08. The summed E-state index contributed by atoms with van der Waals surface area (Å²) in [6, 6.07) is 8.13. The third-order valence-electron chi connectivity index (χ3n) is 2.79. The van der Waals surface area contributed by atoms with E-state index < -0.39 is 21.7 Å². The number of aryl methyl sites for hydroxylation is 1. The summed E-state index contributed by atoms with van der Waals surface area (Å²) in [6.45, 7) is 1.52. The number of rotatable bonds is 3. The van der Waals surface area contributed by atoms with Crippen LogP contribution in [0.5, 0.6) is 0 Å². The molecule has 0 heterocycles. The highest BCUT2D eigenvalue weighted by Crippen LogP contribution is 2.23. The molecule has 4 nitrogen and oxygen atoms in total. The minimum atomic E-state index is -4.08. The van der Waals surface area contributed by atoms with Gasteiger partial charge in [-0.2, -0.15) is 5.26 Å². The third-order valence-corrected chi connectivity index (χ3v) is 4.29. The van der Waals surface area contributed by atoms with Crippen molar-refractivity contribution in [3.63, 3.8) is 0 Å². The second kappa shape index (κ2) is 5.50. The molecule has 0 unspecified atom stereocenters. The van der Waals surface area contributed by atoms with Crippen LogP contribution >= 0.6 is 0 Å². The topological polar surface area (TPSA) is 70.0 Å². The number of benzene rings is 2. The molecule has 21 heavy (non-hydrogen) atoms. The molecule has 7 heteroatoms. The monoisotopic (exact) mass is 308 g/mol. The zero-order valence-corrected chi connectivity index (χ0v) is 11.7. The van der Waals surface area contributed by atoms with Crippen molar-refractivity contribution in [3.8, 4) is 6.07 Å². The minimum absolute atomic E-state index is 0.0671. The van der Waals surface area contributed by atoms with Crippen LogP contribution in [0.3, 0.4) is 0 Å². The molecule has 0 fully saturated rings. The number of sulfonamides is 1. The van der Waals surface area contributed by atoms with E-state index in [0.29, 0.717) is 5.56 Å². The molecule has 108 valence electrons. The maximum Gasteiger partial charge on any atom is 0.262 e. The largest absolute Gasteiger partial charge is 0.278 e. The summed E-state index contributed by atoms with van der Waals surface area (Å²) in [4.78, 5) is -0.240. The second-order valence-corrected chi connectivity index (χ2v) is 5.97. The van der Waals surface area contributed by atoms with Gasteiger partial charge in [0.2, 0.25) is 0 Å². The maximum absolute atomic E-state index is 13.2. The van der Waals surface area contributed by atoms with Gasteiger partial charge in [-0.3, -0.25) is 4.72 Å². The van der Waals surface area contributed by atoms with Crippen LogP contribution in [-0.2, 0) is 10.0 Å². The van der Waals surface area contributed by atoms with Crippen LogP contribution < -0.4 is 4.72 Å². The number of nitrogens with zero attached hydrogens (tertiary/aromatic N) is 1. The molecule has 1 N–H and O–H groups in total. The second-order valence-electron chi connectivity index (χ2n) is 4.32. The zero-order valence-electron chi connectivity index (χ0n) is 10.9. The van der Waals surface area contributed by atoms with Crippen molar-refractivity contribution in [2.45, 2.75) is 11.8 Å². The Kier molecular flexibility index (Phi) is 3.91. The van der Waals surface area contributed by atoms with E-state index in [9.17, 15) is 17.2 Å². The molecule has 0 aliphatic rings. The van der Waals surface area contributed by atoms with Gasteiger partial charge in [0.05, 0.1) is 16.1 Å². The van der Waals surface area contributed by atoms with Gasteiger partial charge in [0.25, 0.3) is 10.0 Å². The lowest BCUT2D eigenvalue weighted by Gasteiger charge is -2.11. The highest BCUT2D eigenvalue weighted by atomic mass is 32.2. The molecule has 0 spiro atoms. The van der Waals surface area contributed by atoms with Gasteiger partial charge in [0.15, 0.2) is 0 Å². The first-order valence-corrected chi connectivity index (χ1v) is 7.30. The Morgan fingerprint density at radius 3 is 2.38 bits per heavy atom. The smallest absolute Gasteiger partial charge is 0.262 e. The molecule has 0 aromatic heterocycles. The van der Waals surface area contributed by atoms with Crippen LogP contribution in [0.25, 0.3) is 0 Å². The van der Waals surface area contributed by atoms with Crippen molar-refractivity contribution >= 4 is 15.7 Å². The van der Waals surface area contributed by atoms with E-state index in [1.54, 1.807) is 6.07 Å². The quantitative estimate of drug-likeness (QED) is 0.947. The van der Waals surface area contributed by atoms with E-state index in [1.165, 1.54) is 13.0 Å². The molecular formula is C14H10F2N2O2S. The molecule has 0 aliphatic heterocycles. The number of hydrogen-bond donors (Lipinski definition) is 1. The summed E-state index contributed by atoms with van der Waals surface area (Å²) >= 11 is 0. The fourth-order valence-electron chi connectivity index (χ4n) is 1.76. The highest BCUT2D eigenvalue weighted by Gasteiger charge is 2.19. The normalized spacial score (nSPS) is 11.0. The lowest BCUT2D eigenvalue weighted by molar-refractivity contribution is 0.594. The Hall–Kier alpha value is -2.46. The van der Waals surface area contributed by atoms with Crippen LogP contribution in [0.15, 0.2) is 41.3 Å². The average Bonchev–Trinajstić information content (AvgIpc) is 2.43. The Morgan fingerprint density at radius 1 is 1.10 bits per heavy atom. The summed E-state index contributed by atoms with van der Waals surface area (Å²) < 4.78 is 52.9. The molecule has 0 saturated heterocycles.